The van der Waals surface area contributed by atoms with E-state index in [9.17, 15) is 22.4 Å². The molecule has 3 aromatic rings. The highest BCUT2D eigenvalue weighted by Gasteiger charge is 2.20. The highest BCUT2D eigenvalue weighted by atomic mass is 35.5. The molecule has 172 valence electrons. The highest BCUT2D eigenvalue weighted by Crippen LogP contribution is 2.24. The molecule has 0 radical (unpaired) electrons. The summed E-state index contributed by atoms with van der Waals surface area (Å²) >= 11 is 5.98. The van der Waals surface area contributed by atoms with Gasteiger partial charge in [-0.2, -0.15) is 0 Å². The van der Waals surface area contributed by atoms with E-state index in [4.69, 9.17) is 11.6 Å². The van der Waals surface area contributed by atoms with Crippen LogP contribution in [0.5, 0.6) is 0 Å². The van der Waals surface area contributed by atoms with E-state index in [1.54, 1.807) is 6.07 Å². The zero-order valence-corrected chi connectivity index (χ0v) is 19.3. The van der Waals surface area contributed by atoms with Gasteiger partial charge in [-0.1, -0.05) is 29.8 Å². The summed E-state index contributed by atoms with van der Waals surface area (Å²) in [6.45, 7) is -0.196. The number of nitrogens with zero attached hydrogens (tertiary/aromatic N) is 1. The Morgan fingerprint density at radius 3 is 2.33 bits per heavy atom. The predicted octanol–water partition coefficient (Wildman–Crippen LogP) is 4.48. The number of sulfonamides is 1. The predicted molar refractivity (Wildman–Crippen MR) is 125 cm³/mol. The minimum atomic E-state index is -3.72. The molecule has 0 unspecified atom stereocenters. The molecule has 10 heteroatoms. The lowest BCUT2D eigenvalue weighted by atomic mass is 10.1. The first-order valence-electron chi connectivity index (χ1n) is 9.60. The number of benzene rings is 3. The molecule has 0 aromatic heterocycles. The molecule has 0 aliphatic heterocycles. The fourth-order valence-electron chi connectivity index (χ4n) is 3.03. The van der Waals surface area contributed by atoms with Gasteiger partial charge in [0.15, 0.2) is 0 Å². The van der Waals surface area contributed by atoms with E-state index in [2.05, 4.69) is 10.1 Å². The fraction of sp³-hybridized carbons (Fsp3) is 0.130. The van der Waals surface area contributed by atoms with Gasteiger partial charge in [-0.3, -0.25) is 9.10 Å². The average molecular weight is 491 g/mol. The number of nitrogens with one attached hydrogen (secondary N) is 1. The van der Waals surface area contributed by atoms with Crippen LogP contribution < -0.4 is 9.62 Å². The molecule has 0 aliphatic rings. The molecular weight excluding hydrogens is 471 g/mol. The van der Waals surface area contributed by atoms with Gasteiger partial charge < -0.3 is 10.1 Å². The minimum absolute atomic E-state index is 0.101. The van der Waals surface area contributed by atoms with Gasteiger partial charge in [-0.05, 0) is 48.5 Å². The Morgan fingerprint density at radius 1 is 1.06 bits per heavy atom. The first kappa shape index (κ1) is 24.2. The third-order valence-electron chi connectivity index (χ3n) is 4.72. The maximum Gasteiger partial charge on any atom is 0.339 e. The standard InChI is InChI=1S/C23H20ClFN2O5S/c1-32-23(29)19-13-17(9-12-20(19)24)26-22(28)15-7-10-18(11-8-15)27(33(2,30)31)14-16-5-3-4-6-21(16)25/h3-13H,14H2,1-2H3,(H,26,28). The number of carbonyl (C=O) groups excluding carboxylic acids is 2. The lowest BCUT2D eigenvalue weighted by Gasteiger charge is -2.23. The zero-order valence-electron chi connectivity index (χ0n) is 17.7. The van der Waals surface area contributed by atoms with E-state index in [1.807, 2.05) is 0 Å². The van der Waals surface area contributed by atoms with Crippen molar-refractivity contribution >= 4 is 44.9 Å². The van der Waals surface area contributed by atoms with E-state index in [-0.39, 0.29) is 33.9 Å². The molecule has 0 saturated heterocycles. The Kier molecular flexibility index (Phi) is 7.35. The fourth-order valence-corrected chi connectivity index (χ4v) is 4.11. The van der Waals surface area contributed by atoms with Gasteiger partial charge in [0, 0.05) is 16.8 Å². The topological polar surface area (TPSA) is 92.8 Å². The summed E-state index contributed by atoms with van der Waals surface area (Å²) in [6, 6.07) is 16.1. The number of ether oxygens (including phenoxy) is 1. The number of methoxy groups -OCH3 is 1. The summed E-state index contributed by atoms with van der Waals surface area (Å²) in [5.74, 6) is -1.65. The van der Waals surface area contributed by atoms with Crippen molar-refractivity contribution in [3.63, 3.8) is 0 Å². The van der Waals surface area contributed by atoms with Crippen molar-refractivity contribution in [1.29, 1.82) is 0 Å². The quantitative estimate of drug-likeness (QED) is 0.493. The van der Waals surface area contributed by atoms with Crippen LogP contribution >= 0.6 is 11.6 Å². The van der Waals surface area contributed by atoms with Crippen molar-refractivity contribution in [2.24, 2.45) is 0 Å². The molecule has 0 fully saturated rings. The van der Waals surface area contributed by atoms with Gasteiger partial charge in [0.2, 0.25) is 10.0 Å². The van der Waals surface area contributed by atoms with Crippen LogP contribution in [0.4, 0.5) is 15.8 Å². The molecule has 3 aromatic carbocycles. The van der Waals surface area contributed by atoms with Crippen LogP contribution in [-0.4, -0.2) is 33.7 Å². The van der Waals surface area contributed by atoms with Crippen LogP contribution in [0.15, 0.2) is 66.7 Å². The number of amides is 1. The van der Waals surface area contributed by atoms with Crippen LogP contribution in [0.25, 0.3) is 0 Å². The number of hydrogen-bond acceptors (Lipinski definition) is 5. The summed E-state index contributed by atoms with van der Waals surface area (Å²) in [5.41, 5.74) is 1.16. The van der Waals surface area contributed by atoms with Crippen LogP contribution in [-0.2, 0) is 21.3 Å². The van der Waals surface area contributed by atoms with Crippen LogP contribution in [0, 0.1) is 5.82 Å². The number of hydrogen-bond donors (Lipinski definition) is 1. The number of rotatable bonds is 7. The summed E-state index contributed by atoms with van der Waals surface area (Å²) in [4.78, 5) is 24.4. The second-order valence-corrected chi connectivity index (χ2v) is 9.36. The number of halogens is 2. The Labute approximate surface area is 195 Å². The van der Waals surface area contributed by atoms with Crippen LogP contribution in [0.1, 0.15) is 26.3 Å². The second-order valence-electron chi connectivity index (χ2n) is 7.05. The molecule has 7 nitrogen and oxygen atoms in total. The van der Waals surface area contributed by atoms with Crippen molar-refractivity contribution in [3.05, 3.63) is 94.3 Å². The van der Waals surface area contributed by atoms with Gasteiger partial charge in [-0.25, -0.2) is 17.6 Å². The molecule has 3 rings (SSSR count). The molecule has 0 heterocycles. The molecule has 0 spiro atoms. The molecule has 1 amide bonds. The van der Waals surface area contributed by atoms with Gasteiger partial charge in [0.1, 0.15) is 5.82 Å². The smallest absolute Gasteiger partial charge is 0.339 e. The molecule has 33 heavy (non-hydrogen) atoms. The van der Waals surface area contributed by atoms with Crippen molar-refractivity contribution in [3.8, 4) is 0 Å². The van der Waals surface area contributed by atoms with Crippen molar-refractivity contribution in [2.45, 2.75) is 6.54 Å². The molecule has 1 N–H and O–H groups in total. The Balaban J connectivity index is 1.81. The van der Waals surface area contributed by atoms with E-state index in [1.165, 1.54) is 67.8 Å². The highest BCUT2D eigenvalue weighted by molar-refractivity contribution is 7.92. The van der Waals surface area contributed by atoms with Gasteiger partial charge in [0.05, 0.1) is 36.2 Å². The SMILES string of the molecule is COC(=O)c1cc(NC(=O)c2ccc(N(Cc3ccccc3F)S(C)(=O)=O)cc2)ccc1Cl. The van der Waals surface area contributed by atoms with Gasteiger partial charge in [-0.15, -0.1) is 0 Å². The molecule has 0 atom stereocenters. The normalized spacial score (nSPS) is 11.0. The van der Waals surface area contributed by atoms with Crippen molar-refractivity contribution in [2.75, 3.05) is 23.0 Å². The van der Waals surface area contributed by atoms with E-state index >= 15 is 0 Å². The third kappa shape index (κ3) is 5.88. The Morgan fingerprint density at radius 2 is 1.73 bits per heavy atom. The maximum absolute atomic E-state index is 14.0. The summed E-state index contributed by atoms with van der Waals surface area (Å²) in [5, 5.41) is 2.82. The first-order chi connectivity index (χ1) is 15.6. The second kappa shape index (κ2) is 10.0. The summed E-state index contributed by atoms with van der Waals surface area (Å²) < 4.78 is 44.4. The lowest BCUT2D eigenvalue weighted by molar-refractivity contribution is 0.0600. The van der Waals surface area contributed by atoms with Gasteiger partial charge in [0.25, 0.3) is 5.91 Å². The molecule has 0 bridgehead atoms. The molecule has 0 saturated carbocycles. The third-order valence-corrected chi connectivity index (χ3v) is 6.19. The van der Waals surface area contributed by atoms with Crippen molar-refractivity contribution < 1.29 is 27.1 Å². The molecular formula is C23H20ClFN2O5S. The zero-order chi connectivity index (χ0) is 24.2. The summed E-state index contributed by atoms with van der Waals surface area (Å²) in [7, 11) is -2.50. The van der Waals surface area contributed by atoms with E-state index < -0.39 is 27.7 Å². The monoisotopic (exact) mass is 490 g/mol. The number of carbonyl (C=O) groups is 2. The van der Waals surface area contributed by atoms with E-state index in [0.29, 0.717) is 5.69 Å². The lowest BCUT2D eigenvalue weighted by Crippen LogP contribution is -2.29. The maximum atomic E-state index is 14.0. The first-order valence-corrected chi connectivity index (χ1v) is 11.8. The van der Waals surface area contributed by atoms with Crippen molar-refractivity contribution in [1.82, 2.24) is 0 Å². The summed E-state index contributed by atoms with van der Waals surface area (Å²) in [6.07, 6.45) is 1.02. The average Bonchev–Trinajstić information content (AvgIpc) is 2.78. The van der Waals surface area contributed by atoms with Crippen LogP contribution in [0.2, 0.25) is 5.02 Å². The Hall–Kier alpha value is -3.43. The number of anilines is 2. The van der Waals surface area contributed by atoms with Crippen LogP contribution in [0.3, 0.4) is 0 Å². The minimum Gasteiger partial charge on any atom is -0.465 e. The van der Waals surface area contributed by atoms with E-state index in [0.717, 1.165) is 10.6 Å². The largest absolute Gasteiger partial charge is 0.465 e. The molecule has 0 aliphatic carbocycles. The number of esters is 1. The Bertz CT molecular complexity index is 1300. The van der Waals surface area contributed by atoms with Gasteiger partial charge >= 0.3 is 5.97 Å².